The zero-order valence-electron chi connectivity index (χ0n) is 21.4. The number of anilines is 2. The van der Waals surface area contributed by atoms with Crippen molar-refractivity contribution in [1.82, 2.24) is 34.3 Å². The molecule has 0 saturated carbocycles. The van der Waals surface area contributed by atoms with Crippen molar-refractivity contribution < 1.29 is 0 Å². The molecule has 1 fully saturated rings. The van der Waals surface area contributed by atoms with Gasteiger partial charge in [0, 0.05) is 86.8 Å². The molecule has 1 aliphatic rings. The number of aryl methyl sites for hydroxylation is 2. The number of hydrogen-bond acceptors (Lipinski definition) is 8. The molecule has 10 heteroatoms. The molecule has 6 rings (SSSR count). The first-order valence-corrected chi connectivity index (χ1v) is 12.5. The highest BCUT2D eigenvalue weighted by atomic mass is 15.3. The fraction of sp³-hybridized carbons (Fsp3) is 0.250. The second-order valence-electron chi connectivity index (χ2n) is 9.70. The van der Waals surface area contributed by atoms with Crippen LogP contribution in [0, 0.1) is 18.3 Å². The lowest BCUT2D eigenvalue weighted by atomic mass is 10.0. The Hall–Kier alpha value is -4.75. The van der Waals surface area contributed by atoms with Crippen molar-refractivity contribution >= 4 is 17.2 Å². The van der Waals surface area contributed by atoms with Gasteiger partial charge in [0.1, 0.15) is 17.5 Å². The van der Waals surface area contributed by atoms with Crippen LogP contribution in [0.5, 0.6) is 0 Å². The standard InChI is InChI=1S/C28H28N10/c1-19-5-6-31-23(11-19)18-36-7-9-37(10-8-36)26-4-3-20(14-32-26)24-12-21(22-15-33-35(2)16-22)17-38-27(24)25(13-29)28(30)34-38/h3-6,11-12,14-17H,7-10,18H2,1-2H3,(H2,30,34). The number of nitrogens with two attached hydrogens (primary N) is 1. The first-order chi connectivity index (χ1) is 18.5. The minimum Gasteiger partial charge on any atom is -0.381 e. The van der Waals surface area contributed by atoms with Gasteiger partial charge in [0.05, 0.1) is 17.4 Å². The van der Waals surface area contributed by atoms with Gasteiger partial charge in [-0.2, -0.15) is 10.4 Å². The second-order valence-corrected chi connectivity index (χ2v) is 9.70. The third kappa shape index (κ3) is 4.44. The first kappa shape index (κ1) is 23.6. The van der Waals surface area contributed by atoms with E-state index in [1.54, 1.807) is 15.4 Å². The van der Waals surface area contributed by atoms with E-state index in [9.17, 15) is 5.26 Å². The molecule has 190 valence electrons. The predicted octanol–water partition coefficient (Wildman–Crippen LogP) is 3.28. The summed E-state index contributed by atoms with van der Waals surface area (Å²) in [5, 5.41) is 18.5. The van der Waals surface area contributed by atoms with E-state index in [-0.39, 0.29) is 5.82 Å². The molecule has 0 aliphatic carbocycles. The SMILES string of the molecule is Cc1ccnc(CN2CCN(c3ccc(-c4cc(-c5cnn(C)c5)cn5nc(N)c(C#N)c45)cn3)CC2)c1. The van der Waals surface area contributed by atoms with Gasteiger partial charge in [0.25, 0.3) is 0 Å². The molecule has 38 heavy (non-hydrogen) atoms. The van der Waals surface area contributed by atoms with Crippen LogP contribution in [0.3, 0.4) is 0 Å². The maximum Gasteiger partial charge on any atom is 0.164 e. The van der Waals surface area contributed by atoms with Crippen molar-refractivity contribution in [2.45, 2.75) is 13.5 Å². The van der Waals surface area contributed by atoms with E-state index in [1.807, 2.05) is 50.0 Å². The molecule has 2 N–H and O–H groups in total. The summed E-state index contributed by atoms with van der Waals surface area (Å²) in [5.41, 5.74) is 13.1. The number of pyridine rings is 3. The number of nitrogens with zero attached hydrogens (tertiary/aromatic N) is 9. The molecule has 5 aromatic rings. The Kier molecular flexibility index (Phi) is 5.98. The fourth-order valence-electron chi connectivity index (χ4n) is 5.04. The maximum atomic E-state index is 9.78. The van der Waals surface area contributed by atoms with Crippen molar-refractivity contribution in [1.29, 1.82) is 5.26 Å². The van der Waals surface area contributed by atoms with Crippen LogP contribution >= 0.6 is 0 Å². The van der Waals surface area contributed by atoms with Crippen LogP contribution in [0.25, 0.3) is 27.8 Å². The number of nitrogen functional groups attached to an aromatic ring is 1. The number of piperazine rings is 1. The van der Waals surface area contributed by atoms with Crippen molar-refractivity contribution in [2.24, 2.45) is 7.05 Å². The lowest BCUT2D eigenvalue weighted by Gasteiger charge is -2.35. The lowest BCUT2D eigenvalue weighted by molar-refractivity contribution is 0.246. The molecule has 5 aromatic heterocycles. The average Bonchev–Trinajstić information content (AvgIpc) is 3.50. The summed E-state index contributed by atoms with van der Waals surface area (Å²) < 4.78 is 3.44. The first-order valence-electron chi connectivity index (χ1n) is 12.5. The van der Waals surface area contributed by atoms with Gasteiger partial charge in [-0.25, -0.2) is 9.50 Å². The van der Waals surface area contributed by atoms with Crippen LogP contribution < -0.4 is 10.6 Å². The van der Waals surface area contributed by atoms with E-state index in [1.165, 1.54) is 5.56 Å². The Morgan fingerprint density at radius 1 is 0.974 bits per heavy atom. The Labute approximate surface area is 220 Å². The van der Waals surface area contributed by atoms with Crippen molar-refractivity contribution in [3.63, 3.8) is 0 Å². The molecule has 1 aliphatic heterocycles. The van der Waals surface area contributed by atoms with Crippen LogP contribution in [0.4, 0.5) is 11.6 Å². The van der Waals surface area contributed by atoms with Crippen LogP contribution in [0.15, 0.2) is 61.3 Å². The number of rotatable bonds is 5. The van der Waals surface area contributed by atoms with Gasteiger partial charge in [0.15, 0.2) is 5.82 Å². The van der Waals surface area contributed by atoms with Crippen LogP contribution in [0.2, 0.25) is 0 Å². The Bertz CT molecular complexity index is 1650. The van der Waals surface area contributed by atoms with Crippen molar-refractivity contribution in [3.05, 3.63) is 78.1 Å². The smallest absolute Gasteiger partial charge is 0.164 e. The minimum atomic E-state index is 0.209. The van der Waals surface area contributed by atoms with Crippen molar-refractivity contribution in [3.8, 4) is 28.3 Å². The predicted molar refractivity (Wildman–Crippen MR) is 146 cm³/mol. The summed E-state index contributed by atoms with van der Waals surface area (Å²) in [4.78, 5) is 14.1. The topological polar surface area (TPSA) is 117 Å². The van der Waals surface area contributed by atoms with E-state index >= 15 is 0 Å². The minimum absolute atomic E-state index is 0.209. The summed E-state index contributed by atoms with van der Waals surface area (Å²) in [7, 11) is 1.88. The molecule has 1 saturated heterocycles. The molecule has 0 atom stereocenters. The van der Waals surface area contributed by atoms with E-state index in [0.717, 1.165) is 66.5 Å². The average molecular weight is 505 g/mol. The van der Waals surface area contributed by atoms with E-state index in [4.69, 9.17) is 10.7 Å². The Morgan fingerprint density at radius 3 is 2.50 bits per heavy atom. The molecule has 0 unspecified atom stereocenters. The molecule has 10 nitrogen and oxygen atoms in total. The van der Waals surface area contributed by atoms with Gasteiger partial charge in [-0.3, -0.25) is 14.6 Å². The van der Waals surface area contributed by atoms with E-state index < -0.39 is 0 Å². The molecule has 6 heterocycles. The second kappa shape index (κ2) is 9.61. The zero-order chi connectivity index (χ0) is 26.2. The van der Waals surface area contributed by atoms with Gasteiger partial charge in [-0.05, 0) is 42.8 Å². The number of hydrogen-bond donors (Lipinski definition) is 1. The summed E-state index contributed by atoms with van der Waals surface area (Å²) in [6.07, 6.45) is 9.37. The Morgan fingerprint density at radius 2 is 1.82 bits per heavy atom. The Balaban J connectivity index is 1.26. The van der Waals surface area contributed by atoms with Gasteiger partial charge in [-0.1, -0.05) is 0 Å². The summed E-state index contributed by atoms with van der Waals surface area (Å²) >= 11 is 0. The highest BCUT2D eigenvalue weighted by Crippen LogP contribution is 2.34. The zero-order valence-corrected chi connectivity index (χ0v) is 21.4. The third-order valence-corrected chi connectivity index (χ3v) is 7.02. The number of fused-ring (bicyclic) bond motifs is 1. The van der Waals surface area contributed by atoms with Crippen LogP contribution in [0.1, 0.15) is 16.8 Å². The molecule has 0 spiro atoms. The molecule has 0 radical (unpaired) electrons. The summed E-state index contributed by atoms with van der Waals surface area (Å²) in [5.74, 6) is 1.15. The molecule has 0 bridgehead atoms. The maximum absolute atomic E-state index is 9.78. The van der Waals surface area contributed by atoms with Gasteiger partial charge in [0.2, 0.25) is 0 Å². The van der Waals surface area contributed by atoms with E-state index in [2.05, 4.69) is 50.1 Å². The van der Waals surface area contributed by atoms with Gasteiger partial charge < -0.3 is 10.6 Å². The number of nitriles is 1. The largest absolute Gasteiger partial charge is 0.381 e. The highest BCUT2D eigenvalue weighted by Gasteiger charge is 2.20. The summed E-state index contributed by atoms with van der Waals surface area (Å²) in [6, 6.07) is 12.5. The van der Waals surface area contributed by atoms with Crippen LogP contribution in [-0.2, 0) is 13.6 Å². The molecular weight excluding hydrogens is 476 g/mol. The van der Waals surface area contributed by atoms with Crippen molar-refractivity contribution in [2.75, 3.05) is 36.8 Å². The van der Waals surface area contributed by atoms with Gasteiger partial charge in [-0.15, -0.1) is 5.10 Å². The number of aromatic nitrogens is 6. The fourth-order valence-corrected chi connectivity index (χ4v) is 5.04. The quantitative estimate of drug-likeness (QED) is 0.388. The third-order valence-electron chi connectivity index (χ3n) is 7.02. The van der Waals surface area contributed by atoms with Crippen LogP contribution in [-0.4, -0.2) is 60.4 Å². The lowest BCUT2D eigenvalue weighted by Crippen LogP contribution is -2.46. The molecule has 0 aromatic carbocycles. The summed E-state index contributed by atoms with van der Waals surface area (Å²) in [6.45, 7) is 6.66. The molecule has 0 amide bonds. The van der Waals surface area contributed by atoms with E-state index in [0.29, 0.717) is 11.1 Å². The molecular formula is C28H28N10. The van der Waals surface area contributed by atoms with Gasteiger partial charge >= 0.3 is 0 Å². The highest BCUT2D eigenvalue weighted by molar-refractivity contribution is 5.90. The normalized spacial score (nSPS) is 14.2. The monoisotopic (exact) mass is 504 g/mol.